The molecule has 1 amide bonds. The number of ether oxygens (including phenoxy) is 1. The average molecular weight is 219 g/mol. The van der Waals surface area contributed by atoms with Crippen molar-refractivity contribution in [3.05, 3.63) is 30.1 Å². The SMILES string of the molecule is C[C@H]1CN(C(=O)c2cc[c]nc2)C[C@H](C)O1. The van der Waals surface area contributed by atoms with Gasteiger partial charge in [0.2, 0.25) is 0 Å². The van der Waals surface area contributed by atoms with E-state index < -0.39 is 0 Å². The van der Waals surface area contributed by atoms with E-state index in [1.165, 1.54) is 0 Å². The molecule has 1 aromatic rings. The first kappa shape index (κ1) is 11.1. The van der Waals surface area contributed by atoms with E-state index in [4.69, 9.17) is 4.74 Å². The molecule has 1 fully saturated rings. The van der Waals surface area contributed by atoms with Crippen molar-refractivity contribution in [2.24, 2.45) is 0 Å². The molecule has 1 saturated heterocycles. The number of aromatic nitrogens is 1. The van der Waals surface area contributed by atoms with Crippen molar-refractivity contribution in [3.8, 4) is 0 Å². The van der Waals surface area contributed by atoms with E-state index in [2.05, 4.69) is 11.2 Å². The Hall–Kier alpha value is -1.42. The summed E-state index contributed by atoms with van der Waals surface area (Å²) in [6.45, 7) is 5.24. The van der Waals surface area contributed by atoms with Crippen LogP contribution in [-0.2, 0) is 4.74 Å². The summed E-state index contributed by atoms with van der Waals surface area (Å²) in [5, 5.41) is 0. The summed E-state index contributed by atoms with van der Waals surface area (Å²) in [5.41, 5.74) is 0.611. The number of nitrogens with zero attached hydrogens (tertiary/aromatic N) is 2. The summed E-state index contributed by atoms with van der Waals surface area (Å²) in [5.74, 6) is 0.0171. The largest absolute Gasteiger partial charge is 0.372 e. The van der Waals surface area contributed by atoms with Crippen LogP contribution in [0.3, 0.4) is 0 Å². The van der Waals surface area contributed by atoms with Crippen LogP contribution < -0.4 is 0 Å². The summed E-state index contributed by atoms with van der Waals surface area (Å²) < 4.78 is 5.59. The van der Waals surface area contributed by atoms with E-state index in [0.717, 1.165) is 0 Å². The Morgan fingerprint density at radius 1 is 1.50 bits per heavy atom. The van der Waals surface area contributed by atoms with Crippen LogP contribution in [0.25, 0.3) is 0 Å². The van der Waals surface area contributed by atoms with Gasteiger partial charge < -0.3 is 9.64 Å². The number of morpholine rings is 1. The molecule has 2 atom stereocenters. The molecular formula is C12H15N2O2. The van der Waals surface area contributed by atoms with E-state index in [9.17, 15) is 4.79 Å². The third-order valence-corrected chi connectivity index (χ3v) is 2.57. The van der Waals surface area contributed by atoms with E-state index in [-0.39, 0.29) is 18.1 Å². The van der Waals surface area contributed by atoms with Crippen LogP contribution in [0.15, 0.2) is 18.3 Å². The molecule has 0 aliphatic carbocycles. The predicted molar refractivity (Wildman–Crippen MR) is 59.0 cm³/mol. The standard InChI is InChI=1S/C12H15N2O2/c1-9-7-14(8-10(2)16-9)12(15)11-4-3-5-13-6-11/h3-4,6,9-10H,7-8H2,1-2H3/t9-,10-/m0/s1. The van der Waals surface area contributed by atoms with E-state index in [1.54, 1.807) is 18.3 Å². The minimum absolute atomic E-state index is 0.0171. The third kappa shape index (κ3) is 2.39. The molecule has 1 aliphatic rings. The monoisotopic (exact) mass is 219 g/mol. The lowest BCUT2D eigenvalue weighted by Crippen LogP contribution is -2.48. The van der Waals surface area contributed by atoms with Gasteiger partial charge >= 0.3 is 0 Å². The number of amides is 1. The smallest absolute Gasteiger partial charge is 0.255 e. The number of carbonyl (C=O) groups excluding carboxylic acids is 1. The first-order valence-electron chi connectivity index (χ1n) is 5.43. The molecule has 2 heterocycles. The van der Waals surface area contributed by atoms with Crippen LogP contribution in [0, 0.1) is 6.20 Å². The Balaban J connectivity index is 2.10. The van der Waals surface area contributed by atoms with Crippen LogP contribution in [0.5, 0.6) is 0 Å². The Labute approximate surface area is 95.2 Å². The molecule has 0 spiro atoms. The zero-order valence-corrected chi connectivity index (χ0v) is 9.51. The van der Waals surface area contributed by atoms with Crippen molar-refractivity contribution >= 4 is 5.91 Å². The van der Waals surface area contributed by atoms with Gasteiger partial charge in [-0.1, -0.05) is 0 Å². The fraction of sp³-hybridized carbons (Fsp3) is 0.500. The van der Waals surface area contributed by atoms with E-state index in [0.29, 0.717) is 18.7 Å². The maximum Gasteiger partial charge on any atom is 0.255 e. The zero-order chi connectivity index (χ0) is 11.5. The molecule has 0 bridgehead atoms. The van der Waals surface area contributed by atoms with Gasteiger partial charge in [0.25, 0.3) is 5.91 Å². The number of rotatable bonds is 1. The topological polar surface area (TPSA) is 42.4 Å². The van der Waals surface area contributed by atoms with Crippen molar-refractivity contribution in [3.63, 3.8) is 0 Å². The second-order valence-corrected chi connectivity index (χ2v) is 4.14. The van der Waals surface area contributed by atoms with Gasteiger partial charge in [0.05, 0.1) is 24.0 Å². The molecule has 85 valence electrons. The van der Waals surface area contributed by atoms with Crippen LogP contribution >= 0.6 is 0 Å². The molecule has 0 saturated carbocycles. The number of hydrogen-bond acceptors (Lipinski definition) is 3. The van der Waals surface area contributed by atoms with Crippen molar-refractivity contribution in [1.82, 2.24) is 9.88 Å². The van der Waals surface area contributed by atoms with E-state index in [1.807, 2.05) is 18.7 Å². The number of carbonyl (C=O) groups is 1. The van der Waals surface area contributed by atoms with Gasteiger partial charge in [-0.25, -0.2) is 0 Å². The fourth-order valence-corrected chi connectivity index (χ4v) is 1.97. The minimum Gasteiger partial charge on any atom is -0.372 e. The second-order valence-electron chi connectivity index (χ2n) is 4.14. The van der Waals surface area contributed by atoms with Crippen LogP contribution in [-0.4, -0.2) is 41.1 Å². The molecule has 4 nitrogen and oxygen atoms in total. The summed E-state index contributed by atoms with van der Waals surface area (Å²) in [6, 6.07) is 3.39. The molecule has 1 aromatic heterocycles. The summed E-state index contributed by atoms with van der Waals surface area (Å²) in [7, 11) is 0. The second kappa shape index (κ2) is 4.61. The van der Waals surface area contributed by atoms with Gasteiger partial charge in [-0.3, -0.25) is 9.78 Å². The zero-order valence-electron chi connectivity index (χ0n) is 9.51. The number of hydrogen-bond donors (Lipinski definition) is 0. The maximum atomic E-state index is 12.1. The maximum absolute atomic E-state index is 12.1. The van der Waals surface area contributed by atoms with Gasteiger partial charge in [-0.15, -0.1) is 0 Å². The van der Waals surface area contributed by atoms with E-state index >= 15 is 0 Å². The van der Waals surface area contributed by atoms with Gasteiger partial charge in [0.15, 0.2) is 0 Å². The van der Waals surface area contributed by atoms with Gasteiger partial charge in [-0.2, -0.15) is 0 Å². The normalized spacial score (nSPS) is 25.5. The highest BCUT2D eigenvalue weighted by molar-refractivity contribution is 5.93. The van der Waals surface area contributed by atoms with Crippen LogP contribution in [0.2, 0.25) is 0 Å². The highest BCUT2D eigenvalue weighted by Gasteiger charge is 2.26. The number of pyridine rings is 1. The summed E-state index contributed by atoms with van der Waals surface area (Å²) >= 11 is 0. The van der Waals surface area contributed by atoms with Crippen molar-refractivity contribution in [2.75, 3.05) is 13.1 Å². The molecule has 1 aliphatic heterocycles. The lowest BCUT2D eigenvalue weighted by Gasteiger charge is -2.35. The van der Waals surface area contributed by atoms with Crippen molar-refractivity contribution < 1.29 is 9.53 Å². The molecule has 0 N–H and O–H groups in total. The van der Waals surface area contributed by atoms with Crippen molar-refractivity contribution in [2.45, 2.75) is 26.1 Å². The Morgan fingerprint density at radius 3 is 2.75 bits per heavy atom. The van der Waals surface area contributed by atoms with Gasteiger partial charge in [-0.05, 0) is 26.0 Å². The third-order valence-electron chi connectivity index (χ3n) is 2.57. The summed E-state index contributed by atoms with van der Waals surface area (Å²) in [4.78, 5) is 17.8. The first-order valence-corrected chi connectivity index (χ1v) is 5.43. The molecule has 0 aromatic carbocycles. The molecule has 2 rings (SSSR count). The highest BCUT2D eigenvalue weighted by atomic mass is 16.5. The Kier molecular flexibility index (Phi) is 3.19. The van der Waals surface area contributed by atoms with Gasteiger partial charge in [0.1, 0.15) is 0 Å². The van der Waals surface area contributed by atoms with Crippen LogP contribution in [0.1, 0.15) is 24.2 Å². The molecular weight excluding hydrogens is 204 g/mol. The highest BCUT2D eigenvalue weighted by Crippen LogP contribution is 2.13. The average Bonchev–Trinajstić information content (AvgIpc) is 2.28. The minimum atomic E-state index is 0.0171. The molecule has 16 heavy (non-hydrogen) atoms. The molecule has 4 heteroatoms. The van der Waals surface area contributed by atoms with Crippen molar-refractivity contribution in [1.29, 1.82) is 0 Å². The van der Waals surface area contributed by atoms with Crippen LogP contribution in [0.4, 0.5) is 0 Å². The Morgan fingerprint density at radius 2 is 2.19 bits per heavy atom. The predicted octanol–water partition coefficient (Wildman–Crippen LogP) is 1.13. The summed E-state index contributed by atoms with van der Waals surface area (Å²) in [6.07, 6.45) is 4.40. The molecule has 1 radical (unpaired) electrons. The fourth-order valence-electron chi connectivity index (χ4n) is 1.97. The lowest BCUT2D eigenvalue weighted by atomic mass is 10.2. The Bertz CT molecular complexity index is 357. The lowest BCUT2D eigenvalue weighted by molar-refractivity contribution is -0.0586. The first-order chi connectivity index (χ1) is 7.66. The quantitative estimate of drug-likeness (QED) is 0.711. The van der Waals surface area contributed by atoms with Gasteiger partial charge in [0, 0.05) is 19.3 Å². The molecule has 0 unspecified atom stereocenters.